The summed E-state index contributed by atoms with van der Waals surface area (Å²) in [5, 5.41) is 2.65. The number of methoxy groups -OCH3 is 1. The highest BCUT2D eigenvalue weighted by Crippen LogP contribution is 2.12. The van der Waals surface area contributed by atoms with Gasteiger partial charge in [-0.25, -0.2) is 8.42 Å². The average Bonchev–Trinajstić information content (AvgIpc) is 2.25. The predicted octanol–water partition coefficient (Wildman–Crippen LogP) is 0.671. The Morgan fingerprint density at radius 2 is 1.88 bits per heavy atom. The van der Waals surface area contributed by atoms with Gasteiger partial charge in [0.05, 0.1) is 11.9 Å². The van der Waals surface area contributed by atoms with Crippen molar-refractivity contribution in [1.82, 2.24) is 9.62 Å². The second kappa shape index (κ2) is 8.02. The molecule has 0 fully saturated rings. The molecule has 0 rings (SSSR count). The van der Waals surface area contributed by atoms with Gasteiger partial charge in [-0.1, -0.05) is 6.92 Å². The zero-order valence-corrected chi connectivity index (χ0v) is 12.4. The maximum atomic E-state index is 12.3. The van der Waals surface area contributed by atoms with Gasteiger partial charge in [0.15, 0.2) is 0 Å². The normalized spacial score (nSPS) is 14.5. The topological polar surface area (TPSA) is 58.6 Å². The van der Waals surface area contributed by atoms with Crippen LogP contribution in [0.15, 0.2) is 0 Å². The molecule has 0 saturated heterocycles. The van der Waals surface area contributed by atoms with Crippen molar-refractivity contribution in [2.24, 2.45) is 0 Å². The van der Waals surface area contributed by atoms with Gasteiger partial charge in [0.2, 0.25) is 10.0 Å². The second-order valence-corrected chi connectivity index (χ2v) is 6.66. The minimum atomic E-state index is -3.25. The van der Waals surface area contributed by atoms with Gasteiger partial charge in [-0.3, -0.25) is 0 Å². The summed E-state index contributed by atoms with van der Waals surface area (Å²) in [6, 6.07) is -0.0424. The van der Waals surface area contributed by atoms with Crippen molar-refractivity contribution < 1.29 is 13.2 Å². The minimum absolute atomic E-state index is 0.0424. The first kappa shape index (κ1) is 16.8. The standard InChI is InChI=1S/C11H26N2O3S/c1-6-12-9-11(4)17(14,15)13(10(2)3)7-8-16-5/h10-12H,6-9H2,1-5H3. The van der Waals surface area contributed by atoms with E-state index in [9.17, 15) is 8.42 Å². The fourth-order valence-corrected chi connectivity index (χ4v) is 3.25. The Hall–Kier alpha value is -0.170. The summed E-state index contributed by atoms with van der Waals surface area (Å²) in [4.78, 5) is 0. The quantitative estimate of drug-likeness (QED) is 0.666. The van der Waals surface area contributed by atoms with Crippen LogP contribution in [0.5, 0.6) is 0 Å². The number of hydrogen-bond acceptors (Lipinski definition) is 4. The highest BCUT2D eigenvalue weighted by molar-refractivity contribution is 7.89. The summed E-state index contributed by atoms with van der Waals surface area (Å²) in [5.74, 6) is 0. The third kappa shape index (κ3) is 5.33. The van der Waals surface area contributed by atoms with Crippen molar-refractivity contribution in [3.63, 3.8) is 0 Å². The van der Waals surface area contributed by atoms with Gasteiger partial charge in [0, 0.05) is 26.2 Å². The number of nitrogens with one attached hydrogen (secondary N) is 1. The van der Waals surface area contributed by atoms with E-state index < -0.39 is 15.3 Å². The van der Waals surface area contributed by atoms with Crippen LogP contribution in [-0.4, -0.2) is 57.4 Å². The lowest BCUT2D eigenvalue weighted by Gasteiger charge is -2.28. The Bertz CT molecular complexity index is 291. The fraction of sp³-hybridized carbons (Fsp3) is 1.00. The molecule has 0 aromatic carbocycles. The maximum absolute atomic E-state index is 12.3. The summed E-state index contributed by atoms with van der Waals surface area (Å²) < 4.78 is 31.1. The first-order valence-electron chi connectivity index (χ1n) is 6.08. The predicted molar refractivity (Wildman–Crippen MR) is 70.6 cm³/mol. The summed E-state index contributed by atoms with van der Waals surface area (Å²) in [6.07, 6.45) is 0. The molecule has 0 aliphatic rings. The van der Waals surface area contributed by atoms with Crippen LogP contribution < -0.4 is 5.32 Å². The fourth-order valence-electron chi connectivity index (χ4n) is 1.54. The third-order valence-corrected chi connectivity index (χ3v) is 5.05. The molecule has 104 valence electrons. The van der Waals surface area contributed by atoms with E-state index in [4.69, 9.17) is 4.74 Å². The highest BCUT2D eigenvalue weighted by atomic mass is 32.2. The lowest BCUT2D eigenvalue weighted by molar-refractivity contribution is 0.170. The molecule has 0 bridgehead atoms. The minimum Gasteiger partial charge on any atom is -0.383 e. The summed E-state index contributed by atoms with van der Waals surface area (Å²) in [7, 11) is -1.68. The van der Waals surface area contributed by atoms with Crippen molar-refractivity contribution >= 4 is 10.0 Å². The van der Waals surface area contributed by atoms with E-state index in [-0.39, 0.29) is 6.04 Å². The molecule has 6 heteroatoms. The highest BCUT2D eigenvalue weighted by Gasteiger charge is 2.29. The zero-order valence-electron chi connectivity index (χ0n) is 11.6. The number of ether oxygens (including phenoxy) is 1. The van der Waals surface area contributed by atoms with Crippen LogP contribution in [0.4, 0.5) is 0 Å². The van der Waals surface area contributed by atoms with Crippen LogP contribution >= 0.6 is 0 Å². The molecule has 0 radical (unpaired) electrons. The number of hydrogen-bond donors (Lipinski definition) is 1. The Labute approximate surface area is 106 Å². The molecular weight excluding hydrogens is 240 g/mol. The molecule has 0 aliphatic carbocycles. The van der Waals surface area contributed by atoms with E-state index in [1.807, 2.05) is 20.8 Å². The molecule has 17 heavy (non-hydrogen) atoms. The number of sulfonamides is 1. The lowest BCUT2D eigenvalue weighted by atomic mass is 10.4. The number of rotatable bonds is 9. The largest absolute Gasteiger partial charge is 0.383 e. The Balaban J connectivity index is 4.70. The summed E-state index contributed by atoms with van der Waals surface area (Å²) in [6.45, 7) is 9.55. The molecule has 0 spiro atoms. The molecular formula is C11H26N2O3S. The number of nitrogens with zero attached hydrogens (tertiary/aromatic N) is 1. The average molecular weight is 266 g/mol. The van der Waals surface area contributed by atoms with E-state index in [0.29, 0.717) is 19.7 Å². The maximum Gasteiger partial charge on any atom is 0.218 e. The van der Waals surface area contributed by atoms with E-state index in [0.717, 1.165) is 6.54 Å². The molecule has 0 aliphatic heterocycles. The van der Waals surface area contributed by atoms with Gasteiger partial charge < -0.3 is 10.1 Å². The van der Waals surface area contributed by atoms with Crippen LogP contribution in [0.1, 0.15) is 27.7 Å². The summed E-state index contributed by atoms with van der Waals surface area (Å²) in [5.41, 5.74) is 0. The lowest BCUT2D eigenvalue weighted by Crippen LogP contribution is -2.46. The molecule has 0 saturated carbocycles. The molecule has 1 atom stereocenters. The van der Waals surface area contributed by atoms with Crippen molar-refractivity contribution in [1.29, 1.82) is 0 Å². The molecule has 1 unspecified atom stereocenters. The zero-order chi connectivity index (χ0) is 13.5. The van der Waals surface area contributed by atoms with Crippen LogP contribution in [-0.2, 0) is 14.8 Å². The van der Waals surface area contributed by atoms with Crippen LogP contribution in [0.2, 0.25) is 0 Å². The Kier molecular flexibility index (Phi) is 7.94. The van der Waals surface area contributed by atoms with Crippen molar-refractivity contribution in [2.45, 2.75) is 39.0 Å². The van der Waals surface area contributed by atoms with Crippen molar-refractivity contribution in [3.8, 4) is 0 Å². The van der Waals surface area contributed by atoms with Crippen LogP contribution in [0, 0.1) is 0 Å². The van der Waals surface area contributed by atoms with E-state index in [1.54, 1.807) is 14.0 Å². The Morgan fingerprint density at radius 1 is 1.29 bits per heavy atom. The smallest absolute Gasteiger partial charge is 0.218 e. The monoisotopic (exact) mass is 266 g/mol. The Morgan fingerprint density at radius 3 is 2.29 bits per heavy atom. The van der Waals surface area contributed by atoms with Gasteiger partial charge in [-0.2, -0.15) is 4.31 Å². The molecule has 0 heterocycles. The van der Waals surface area contributed by atoms with Gasteiger partial charge in [0.25, 0.3) is 0 Å². The SMILES string of the molecule is CCNCC(C)S(=O)(=O)N(CCOC)C(C)C. The molecule has 1 N–H and O–H groups in total. The van der Waals surface area contributed by atoms with E-state index in [1.165, 1.54) is 4.31 Å². The van der Waals surface area contributed by atoms with E-state index in [2.05, 4.69) is 5.32 Å². The second-order valence-electron chi connectivity index (χ2n) is 4.36. The molecule has 5 nitrogen and oxygen atoms in total. The first-order chi connectivity index (χ1) is 7.87. The van der Waals surface area contributed by atoms with Crippen molar-refractivity contribution in [2.75, 3.05) is 33.4 Å². The molecule has 0 aromatic heterocycles. The van der Waals surface area contributed by atoms with Crippen LogP contribution in [0.3, 0.4) is 0 Å². The van der Waals surface area contributed by atoms with Crippen LogP contribution in [0.25, 0.3) is 0 Å². The van der Waals surface area contributed by atoms with Gasteiger partial charge in [-0.15, -0.1) is 0 Å². The molecule has 0 amide bonds. The van der Waals surface area contributed by atoms with Crippen molar-refractivity contribution in [3.05, 3.63) is 0 Å². The third-order valence-electron chi connectivity index (χ3n) is 2.61. The first-order valence-corrected chi connectivity index (χ1v) is 7.58. The molecule has 0 aromatic rings. The van der Waals surface area contributed by atoms with Gasteiger partial charge in [-0.05, 0) is 27.3 Å². The van der Waals surface area contributed by atoms with Gasteiger partial charge in [0.1, 0.15) is 0 Å². The summed E-state index contributed by atoms with van der Waals surface area (Å²) >= 11 is 0. The van der Waals surface area contributed by atoms with Gasteiger partial charge >= 0.3 is 0 Å². The van der Waals surface area contributed by atoms with E-state index >= 15 is 0 Å².